The topological polar surface area (TPSA) is 70.7 Å². The summed E-state index contributed by atoms with van der Waals surface area (Å²) in [6.07, 6.45) is 5.70. The number of halogens is 2. The molecule has 2 N–H and O–H groups in total. The normalized spacial score (nSPS) is 14.7. The Morgan fingerprint density at radius 2 is 1.77 bits per heavy atom. The van der Waals surface area contributed by atoms with E-state index in [0.717, 1.165) is 25.9 Å². The van der Waals surface area contributed by atoms with E-state index >= 15 is 0 Å². The molecule has 35 heavy (non-hydrogen) atoms. The number of hydrogen-bond donors (Lipinski definition) is 2. The molecule has 2 amide bonds. The number of piperidine rings is 1. The van der Waals surface area contributed by atoms with Crippen LogP contribution < -0.4 is 31.8 Å². The second-order valence-corrected chi connectivity index (χ2v) is 10.7. The van der Waals surface area contributed by atoms with Gasteiger partial charge in [0.25, 0.3) is 5.91 Å². The van der Waals surface area contributed by atoms with Crippen LogP contribution in [0.3, 0.4) is 0 Å². The number of nitrogens with zero attached hydrogens (tertiary/aromatic N) is 1. The Balaban J connectivity index is 1.48. The number of likely N-dealkylation sites (tertiary alicyclic amines) is 1. The van der Waals surface area contributed by atoms with Gasteiger partial charge < -0.3 is 5.32 Å². The molecule has 1 heterocycles. The van der Waals surface area contributed by atoms with Gasteiger partial charge >= 0.3 is 131 Å². The Kier molecular flexibility index (Phi) is 10.7. The summed E-state index contributed by atoms with van der Waals surface area (Å²) in [6.45, 7) is 8.09. The fourth-order valence-corrected chi connectivity index (χ4v) is 4.73. The number of anilines is 2. The zero-order valence-electron chi connectivity index (χ0n) is 19.7. The third kappa shape index (κ3) is 8.43. The van der Waals surface area contributed by atoms with Crippen LogP contribution in [-0.2, 0) is 4.74 Å². The van der Waals surface area contributed by atoms with Crippen molar-refractivity contribution in [2.24, 2.45) is 5.92 Å². The van der Waals surface area contributed by atoms with Crippen LogP contribution >= 0.6 is 11.6 Å². The van der Waals surface area contributed by atoms with E-state index in [1.54, 1.807) is 48.5 Å². The van der Waals surface area contributed by atoms with Crippen molar-refractivity contribution < 1.29 is 35.5 Å². The van der Waals surface area contributed by atoms with Crippen molar-refractivity contribution >= 4 is 35.0 Å². The number of para-hydroxylation sites is 2. The summed E-state index contributed by atoms with van der Waals surface area (Å²) in [5.74, 6) is 0.0253. The van der Waals surface area contributed by atoms with Gasteiger partial charge in [0.1, 0.15) is 0 Å². The number of ether oxygens (including phenoxy) is 1. The fraction of sp³-hybridized carbons (Fsp3) is 0.259. The van der Waals surface area contributed by atoms with E-state index in [2.05, 4.69) is 45.3 Å². The minimum atomic E-state index is -0.536. The predicted octanol–water partition coefficient (Wildman–Crippen LogP) is 3.50. The van der Waals surface area contributed by atoms with Gasteiger partial charge in [-0.05, 0) is 36.4 Å². The number of nitrogens with one attached hydrogen (secondary N) is 2. The first-order chi connectivity index (χ1) is 17.0. The predicted molar refractivity (Wildman–Crippen MR) is 138 cm³/mol. The molecule has 0 radical (unpaired) electrons. The second kappa shape index (κ2) is 13.9. The maximum atomic E-state index is 12.6. The molecule has 0 bridgehead atoms. The zero-order valence-corrected chi connectivity index (χ0v) is 22.6. The summed E-state index contributed by atoms with van der Waals surface area (Å²) < 4.78 is 9.72. The van der Waals surface area contributed by atoms with E-state index in [0.29, 0.717) is 34.5 Å². The quantitative estimate of drug-likeness (QED) is 0.339. The first kappa shape index (κ1) is 26.8. The van der Waals surface area contributed by atoms with Crippen LogP contribution in [0.4, 0.5) is 16.2 Å². The van der Waals surface area contributed by atoms with Crippen LogP contribution in [-0.4, -0.2) is 36.6 Å². The monoisotopic (exact) mass is 606 g/mol. The van der Waals surface area contributed by atoms with E-state index < -0.39 is 6.09 Å². The van der Waals surface area contributed by atoms with Gasteiger partial charge in [-0.15, -0.1) is 0 Å². The van der Waals surface area contributed by atoms with Crippen LogP contribution in [0.2, 0.25) is 5.02 Å². The molecule has 186 valence electrons. The van der Waals surface area contributed by atoms with E-state index in [1.165, 1.54) is 5.70 Å². The number of amides is 2. The summed E-state index contributed by atoms with van der Waals surface area (Å²) in [5, 5.41) is 6.13. The molecular formula is C27H30ClIN3O3-. The van der Waals surface area contributed by atoms with Gasteiger partial charge in [-0.3, -0.25) is 4.79 Å². The molecular weight excluding hydrogens is 577 g/mol. The van der Waals surface area contributed by atoms with Crippen molar-refractivity contribution in [1.82, 2.24) is 4.90 Å². The third-order valence-electron chi connectivity index (χ3n) is 5.64. The number of carbonyl (C=O) groups excluding carboxylic acids is 2. The van der Waals surface area contributed by atoms with Crippen molar-refractivity contribution in [1.29, 1.82) is 0 Å². The summed E-state index contributed by atoms with van der Waals surface area (Å²) in [7, 11) is 0. The molecule has 6 nitrogen and oxygen atoms in total. The van der Waals surface area contributed by atoms with Crippen molar-refractivity contribution in [2.45, 2.75) is 19.8 Å². The molecule has 0 atom stereocenters. The van der Waals surface area contributed by atoms with E-state index in [4.69, 9.17) is 16.3 Å². The maximum absolute atomic E-state index is 12.6. The molecule has 0 spiro atoms. The molecule has 2 aromatic carbocycles. The fourth-order valence-electron chi connectivity index (χ4n) is 3.73. The van der Waals surface area contributed by atoms with Crippen LogP contribution in [0, 0.1) is 5.92 Å². The molecule has 0 aliphatic carbocycles. The Bertz CT molecular complexity index is 1080. The molecule has 1 fully saturated rings. The van der Waals surface area contributed by atoms with Gasteiger partial charge in [-0.1, -0.05) is 23.7 Å². The summed E-state index contributed by atoms with van der Waals surface area (Å²) in [6, 6.07) is 13.6. The Labute approximate surface area is 222 Å². The number of rotatable bonds is 9. The van der Waals surface area contributed by atoms with Gasteiger partial charge in [-0.25, -0.2) is 0 Å². The Morgan fingerprint density at radius 1 is 1.11 bits per heavy atom. The molecule has 0 aromatic heterocycles. The van der Waals surface area contributed by atoms with Gasteiger partial charge in [0.2, 0.25) is 0 Å². The average molecular weight is 607 g/mol. The van der Waals surface area contributed by atoms with Gasteiger partial charge in [-0.2, -0.15) is 0 Å². The molecule has 0 saturated carbocycles. The number of allylic oxidation sites excluding steroid dienone is 2. The SMILES string of the molecule is C=C[I-]/C=C\C(=C/C)N1CCC(COC(=O)Nc2ccccc2NC(=O)c2ccc(Cl)cc2)CC1. The Morgan fingerprint density at radius 3 is 2.40 bits per heavy atom. The molecule has 1 aliphatic heterocycles. The summed E-state index contributed by atoms with van der Waals surface area (Å²) in [4.78, 5) is 27.4. The van der Waals surface area contributed by atoms with Crippen LogP contribution in [0.25, 0.3) is 0 Å². The summed E-state index contributed by atoms with van der Waals surface area (Å²) in [5.41, 5.74) is 2.67. The van der Waals surface area contributed by atoms with Crippen LogP contribution in [0.5, 0.6) is 0 Å². The van der Waals surface area contributed by atoms with Crippen molar-refractivity contribution in [3.63, 3.8) is 0 Å². The van der Waals surface area contributed by atoms with Crippen molar-refractivity contribution in [3.05, 3.63) is 91.7 Å². The second-order valence-electron chi connectivity index (χ2n) is 7.95. The van der Waals surface area contributed by atoms with Crippen molar-refractivity contribution in [3.8, 4) is 0 Å². The first-order valence-electron chi connectivity index (χ1n) is 11.4. The van der Waals surface area contributed by atoms with Gasteiger partial charge in [0.15, 0.2) is 0 Å². The minimum absolute atomic E-state index is 0.0764. The van der Waals surface area contributed by atoms with Gasteiger partial charge in [0, 0.05) is 10.6 Å². The molecule has 1 saturated heterocycles. The Hall–Kier alpha value is -2.78. The van der Waals surface area contributed by atoms with E-state index in [9.17, 15) is 9.59 Å². The van der Waals surface area contributed by atoms with E-state index in [1.807, 2.05) is 4.08 Å². The summed E-state index contributed by atoms with van der Waals surface area (Å²) >= 11 is 5.82. The zero-order chi connectivity index (χ0) is 25.0. The van der Waals surface area contributed by atoms with Crippen LogP contribution in [0.15, 0.2) is 81.1 Å². The molecule has 8 heteroatoms. The molecule has 2 aromatic rings. The third-order valence-corrected chi connectivity index (χ3v) is 7.17. The number of benzene rings is 2. The van der Waals surface area contributed by atoms with Gasteiger partial charge in [0.05, 0.1) is 5.69 Å². The standard InChI is InChI=1S/C27H30ClIN3O3/c1-3-23(13-16-29-4-2)32-17-14-20(15-18-32)19-35-27(34)31-25-8-6-5-7-24(25)30-26(33)21-9-11-22(28)12-10-21/h3-13,16,20H,2,14-15,17-19H2,1H3,(H,30,33)(H,31,34)/q-1/b16-13-,23-3+. The number of carbonyl (C=O) groups is 2. The van der Waals surface area contributed by atoms with E-state index in [-0.39, 0.29) is 27.1 Å². The number of hydrogen-bond acceptors (Lipinski definition) is 4. The van der Waals surface area contributed by atoms with Crippen molar-refractivity contribution in [2.75, 3.05) is 30.3 Å². The average Bonchev–Trinajstić information content (AvgIpc) is 2.87. The first-order valence-corrected chi connectivity index (χ1v) is 14.3. The molecule has 3 rings (SSSR count). The van der Waals surface area contributed by atoms with Crippen LogP contribution in [0.1, 0.15) is 30.1 Å². The molecule has 1 aliphatic rings. The molecule has 0 unspecified atom stereocenters.